The topological polar surface area (TPSA) is 29.3 Å². The van der Waals surface area contributed by atoms with E-state index < -0.39 is 0 Å². The third-order valence-corrected chi connectivity index (χ3v) is 3.19. The zero-order valence-electron chi connectivity index (χ0n) is 8.28. The molecule has 1 aliphatic heterocycles. The molecule has 1 unspecified atom stereocenters. The summed E-state index contributed by atoms with van der Waals surface area (Å²) in [4.78, 5) is 4.57. The number of fused-ring (bicyclic) bond motifs is 1. The lowest BCUT2D eigenvalue weighted by molar-refractivity contribution is 0.632. The minimum absolute atomic E-state index is 0.404. The second-order valence-electron chi connectivity index (χ2n) is 3.89. The molecule has 0 saturated carbocycles. The molecule has 0 bridgehead atoms. The lowest BCUT2D eigenvalue weighted by Gasteiger charge is -2.04. The van der Waals surface area contributed by atoms with Crippen molar-refractivity contribution in [2.24, 2.45) is 0 Å². The molecule has 3 rings (SSSR count). The van der Waals surface area contributed by atoms with E-state index in [1.165, 1.54) is 12.8 Å². The van der Waals surface area contributed by atoms with Gasteiger partial charge in [-0.05, 0) is 31.5 Å². The molecule has 15 heavy (non-hydrogen) atoms. The van der Waals surface area contributed by atoms with Crippen LogP contribution in [-0.4, -0.2) is 15.9 Å². The molecule has 1 atom stereocenters. The van der Waals surface area contributed by atoms with E-state index in [-0.39, 0.29) is 0 Å². The first-order valence-electron chi connectivity index (χ1n) is 5.21. The van der Waals surface area contributed by atoms with Crippen molar-refractivity contribution < 1.29 is 0 Å². The molecule has 1 aliphatic rings. The van der Waals surface area contributed by atoms with Crippen molar-refractivity contribution in [3.8, 4) is 0 Å². The zero-order chi connectivity index (χ0) is 10.3. The van der Waals surface area contributed by atoms with E-state index in [1.807, 2.05) is 28.8 Å². The Balaban J connectivity index is 2.09. The third kappa shape index (κ3) is 1.52. The Kier molecular flexibility index (Phi) is 2.15. The van der Waals surface area contributed by atoms with Gasteiger partial charge in [0.2, 0.25) is 0 Å². The number of hydrogen-bond acceptors (Lipinski definition) is 2. The number of imidazole rings is 1. The molecular weight excluding hydrogens is 210 g/mol. The normalized spacial score (nSPS) is 21.3. The molecule has 0 amide bonds. The van der Waals surface area contributed by atoms with E-state index in [2.05, 4.69) is 10.3 Å². The summed E-state index contributed by atoms with van der Waals surface area (Å²) in [5, 5.41) is 4.15. The van der Waals surface area contributed by atoms with Gasteiger partial charge >= 0.3 is 0 Å². The van der Waals surface area contributed by atoms with Crippen LogP contribution in [0, 0.1) is 0 Å². The summed E-state index contributed by atoms with van der Waals surface area (Å²) in [6, 6.07) is 6.18. The Hall–Kier alpha value is -1.06. The Morgan fingerprint density at radius 2 is 2.40 bits per heavy atom. The Morgan fingerprint density at radius 1 is 1.47 bits per heavy atom. The number of hydrogen-bond donors (Lipinski definition) is 1. The van der Waals surface area contributed by atoms with Gasteiger partial charge in [-0.25, -0.2) is 4.98 Å². The van der Waals surface area contributed by atoms with E-state index in [9.17, 15) is 0 Å². The van der Waals surface area contributed by atoms with Gasteiger partial charge in [-0.2, -0.15) is 0 Å². The van der Waals surface area contributed by atoms with Crippen LogP contribution in [0.15, 0.2) is 24.4 Å². The molecule has 2 aromatic heterocycles. The van der Waals surface area contributed by atoms with Crippen LogP contribution in [0.25, 0.3) is 5.65 Å². The van der Waals surface area contributed by atoms with Crippen molar-refractivity contribution >= 4 is 17.2 Å². The molecule has 2 aromatic rings. The number of halogens is 1. The van der Waals surface area contributed by atoms with Crippen molar-refractivity contribution in [3.05, 3.63) is 35.2 Å². The van der Waals surface area contributed by atoms with E-state index >= 15 is 0 Å². The van der Waals surface area contributed by atoms with Crippen molar-refractivity contribution in [1.29, 1.82) is 0 Å². The quantitative estimate of drug-likeness (QED) is 0.750. The third-order valence-electron chi connectivity index (χ3n) is 2.88. The molecule has 0 spiro atoms. The van der Waals surface area contributed by atoms with Crippen molar-refractivity contribution in [2.75, 3.05) is 6.54 Å². The first kappa shape index (κ1) is 9.19. The van der Waals surface area contributed by atoms with Gasteiger partial charge < -0.3 is 5.32 Å². The number of nitrogens with one attached hydrogen (secondary N) is 1. The van der Waals surface area contributed by atoms with Crippen molar-refractivity contribution in [3.63, 3.8) is 0 Å². The van der Waals surface area contributed by atoms with Gasteiger partial charge in [-0.15, -0.1) is 0 Å². The average Bonchev–Trinajstić information content (AvgIpc) is 2.86. The molecule has 1 N–H and O–H groups in total. The lowest BCUT2D eigenvalue weighted by atomic mass is 10.2. The first-order chi connectivity index (χ1) is 7.34. The number of aromatic nitrogens is 2. The summed E-state index contributed by atoms with van der Waals surface area (Å²) in [6.45, 7) is 1.09. The highest BCUT2D eigenvalue weighted by molar-refractivity contribution is 6.29. The van der Waals surface area contributed by atoms with Gasteiger partial charge in [-0.3, -0.25) is 4.40 Å². The molecule has 0 aliphatic carbocycles. The van der Waals surface area contributed by atoms with Crippen molar-refractivity contribution in [2.45, 2.75) is 18.9 Å². The van der Waals surface area contributed by atoms with E-state index in [0.29, 0.717) is 11.2 Å². The molecule has 3 heterocycles. The largest absolute Gasteiger partial charge is 0.309 e. The Labute approximate surface area is 93.1 Å². The highest BCUT2D eigenvalue weighted by Crippen LogP contribution is 2.23. The molecule has 3 nitrogen and oxygen atoms in total. The van der Waals surface area contributed by atoms with Gasteiger partial charge in [-0.1, -0.05) is 17.7 Å². The number of pyridine rings is 1. The highest BCUT2D eigenvalue weighted by atomic mass is 35.5. The Morgan fingerprint density at radius 3 is 3.13 bits per heavy atom. The Bertz CT molecular complexity index is 486. The maximum Gasteiger partial charge on any atom is 0.138 e. The van der Waals surface area contributed by atoms with Crippen LogP contribution in [-0.2, 0) is 0 Å². The zero-order valence-corrected chi connectivity index (χ0v) is 9.04. The monoisotopic (exact) mass is 221 g/mol. The second-order valence-corrected chi connectivity index (χ2v) is 4.28. The average molecular weight is 222 g/mol. The molecule has 0 aromatic carbocycles. The smallest absolute Gasteiger partial charge is 0.138 e. The van der Waals surface area contributed by atoms with Gasteiger partial charge in [0.25, 0.3) is 0 Å². The van der Waals surface area contributed by atoms with Crippen LogP contribution in [0.2, 0.25) is 5.15 Å². The fourth-order valence-electron chi connectivity index (χ4n) is 2.10. The lowest BCUT2D eigenvalue weighted by Crippen LogP contribution is -2.12. The van der Waals surface area contributed by atoms with Crippen LogP contribution in [0.4, 0.5) is 0 Å². The minimum Gasteiger partial charge on any atom is -0.309 e. The summed E-state index contributed by atoms with van der Waals surface area (Å²) in [5.74, 6) is 0. The molecule has 0 radical (unpaired) electrons. The SMILES string of the molecule is Clc1cccc2nc(C3CCCN3)cn12. The summed E-state index contributed by atoms with van der Waals surface area (Å²) in [5.41, 5.74) is 2.02. The predicted molar refractivity (Wildman–Crippen MR) is 60.2 cm³/mol. The van der Waals surface area contributed by atoms with Crippen LogP contribution >= 0.6 is 11.6 Å². The van der Waals surface area contributed by atoms with Crippen LogP contribution in [0.3, 0.4) is 0 Å². The standard InChI is InChI=1S/C11H12ClN3/c12-10-4-1-5-11-14-9(7-15(10)11)8-3-2-6-13-8/h1,4-5,7-8,13H,2-3,6H2. The van der Waals surface area contributed by atoms with Gasteiger partial charge in [0.05, 0.1) is 11.7 Å². The van der Waals surface area contributed by atoms with Gasteiger partial charge in [0.15, 0.2) is 0 Å². The van der Waals surface area contributed by atoms with E-state index in [0.717, 1.165) is 17.9 Å². The summed E-state index contributed by atoms with van der Waals surface area (Å²) in [6.07, 6.45) is 4.43. The van der Waals surface area contributed by atoms with Gasteiger partial charge in [0.1, 0.15) is 10.8 Å². The fraction of sp³-hybridized carbons (Fsp3) is 0.364. The van der Waals surface area contributed by atoms with Gasteiger partial charge in [0, 0.05) is 6.20 Å². The first-order valence-corrected chi connectivity index (χ1v) is 5.59. The second kappa shape index (κ2) is 3.51. The summed E-state index contributed by atoms with van der Waals surface area (Å²) < 4.78 is 1.93. The maximum absolute atomic E-state index is 6.08. The summed E-state index contributed by atoms with van der Waals surface area (Å²) in [7, 11) is 0. The maximum atomic E-state index is 6.08. The van der Waals surface area contributed by atoms with Crippen molar-refractivity contribution in [1.82, 2.24) is 14.7 Å². The molecular formula is C11H12ClN3. The molecule has 78 valence electrons. The van der Waals surface area contributed by atoms with Crippen LogP contribution < -0.4 is 5.32 Å². The molecule has 1 saturated heterocycles. The highest BCUT2D eigenvalue weighted by Gasteiger charge is 2.19. The molecule has 1 fully saturated rings. The number of nitrogens with zero attached hydrogens (tertiary/aromatic N) is 2. The van der Waals surface area contributed by atoms with Crippen LogP contribution in [0.5, 0.6) is 0 Å². The summed E-state index contributed by atoms with van der Waals surface area (Å²) >= 11 is 6.08. The molecule has 4 heteroatoms. The fourth-order valence-corrected chi connectivity index (χ4v) is 2.31. The van der Waals surface area contributed by atoms with E-state index in [4.69, 9.17) is 11.6 Å². The minimum atomic E-state index is 0.404. The predicted octanol–water partition coefficient (Wildman–Crippen LogP) is 2.41. The number of rotatable bonds is 1. The van der Waals surface area contributed by atoms with Crippen LogP contribution in [0.1, 0.15) is 24.6 Å². The van der Waals surface area contributed by atoms with E-state index in [1.54, 1.807) is 0 Å².